The number of aliphatic hydroxyl groups excluding tert-OH is 1. The lowest BCUT2D eigenvalue weighted by Gasteiger charge is -2.19. The van der Waals surface area contributed by atoms with Crippen LogP contribution in [0.15, 0.2) is 11.2 Å². The van der Waals surface area contributed by atoms with Crippen LogP contribution in [0.3, 0.4) is 0 Å². The van der Waals surface area contributed by atoms with E-state index in [9.17, 15) is 5.11 Å². The molecule has 1 aromatic rings. The summed E-state index contributed by atoms with van der Waals surface area (Å²) >= 11 is 7.29. The molecular formula is C9H14ClN3OS. The van der Waals surface area contributed by atoms with E-state index in [2.05, 4.69) is 9.97 Å². The first-order valence-electron chi connectivity index (χ1n) is 4.50. The lowest BCUT2D eigenvalue weighted by Crippen LogP contribution is -2.27. The quantitative estimate of drug-likeness (QED) is 0.498. The molecule has 0 aliphatic heterocycles. The first-order valence-corrected chi connectivity index (χ1v) is 6.11. The van der Waals surface area contributed by atoms with E-state index in [0.717, 1.165) is 5.82 Å². The number of thioether (sulfide) groups is 1. The number of nitrogens with zero attached hydrogens (tertiary/aromatic N) is 3. The summed E-state index contributed by atoms with van der Waals surface area (Å²) in [5.74, 6) is 0.722. The summed E-state index contributed by atoms with van der Waals surface area (Å²) in [6.45, 7) is 2.25. The Morgan fingerprint density at radius 2 is 2.27 bits per heavy atom. The zero-order valence-corrected chi connectivity index (χ0v) is 10.5. The minimum atomic E-state index is -0.401. The second kappa shape index (κ2) is 5.53. The van der Waals surface area contributed by atoms with Gasteiger partial charge in [0.25, 0.3) is 0 Å². The average Bonchev–Trinajstić information content (AvgIpc) is 2.15. The highest BCUT2D eigenvalue weighted by atomic mass is 35.5. The Hall–Kier alpha value is -0.520. The monoisotopic (exact) mass is 247 g/mol. The van der Waals surface area contributed by atoms with Crippen molar-refractivity contribution in [1.82, 2.24) is 9.97 Å². The van der Waals surface area contributed by atoms with Gasteiger partial charge in [0.1, 0.15) is 11.0 Å². The number of hydrogen-bond acceptors (Lipinski definition) is 5. The van der Waals surface area contributed by atoms with Gasteiger partial charge >= 0.3 is 0 Å². The SMILES string of the molecule is CSc1nc(Cl)cc(N(C)CC(C)O)n1. The van der Waals surface area contributed by atoms with E-state index < -0.39 is 6.10 Å². The Balaban J connectivity index is 2.88. The van der Waals surface area contributed by atoms with Crippen molar-refractivity contribution in [2.75, 3.05) is 24.7 Å². The molecule has 1 unspecified atom stereocenters. The fourth-order valence-corrected chi connectivity index (χ4v) is 1.76. The van der Waals surface area contributed by atoms with Crippen molar-refractivity contribution in [3.63, 3.8) is 0 Å². The summed E-state index contributed by atoms with van der Waals surface area (Å²) < 4.78 is 0. The van der Waals surface area contributed by atoms with E-state index >= 15 is 0 Å². The van der Waals surface area contributed by atoms with Crippen LogP contribution < -0.4 is 4.90 Å². The van der Waals surface area contributed by atoms with Gasteiger partial charge in [0.2, 0.25) is 0 Å². The molecule has 6 heteroatoms. The van der Waals surface area contributed by atoms with Crippen molar-refractivity contribution < 1.29 is 5.11 Å². The fraction of sp³-hybridized carbons (Fsp3) is 0.556. The molecule has 4 nitrogen and oxygen atoms in total. The second-order valence-electron chi connectivity index (χ2n) is 3.27. The molecule has 1 aromatic heterocycles. The first-order chi connectivity index (χ1) is 7.02. The highest BCUT2D eigenvalue weighted by Crippen LogP contribution is 2.19. The molecule has 84 valence electrons. The first kappa shape index (κ1) is 12.5. The van der Waals surface area contributed by atoms with Crippen LogP contribution in [0.1, 0.15) is 6.92 Å². The van der Waals surface area contributed by atoms with Crippen LogP contribution in [0, 0.1) is 0 Å². The average molecular weight is 248 g/mol. The fourth-order valence-electron chi connectivity index (χ4n) is 1.16. The minimum absolute atomic E-state index is 0.401. The third-order valence-corrected chi connectivity index (χ3v) is 2.51. The summed E-state index contributed by atoms with van der Waals surface area (Å²) in [5.41, 5.74) is 0. The smallest absolute Gasteiger partial charge is 0.190 e. The van der Waals surface area contributed by atoms with Crippen molar-refractivity contribution in [1.29, 1.82) is 0 Å². The maximum Gasteiger partial charge on any atom is 0.190 e. The van der Waals surface area contributed by atoms with Crippen molar-refractivity contribution in [3.05, 3.63) is 11.2 Å². The van der Waals surface area contributed by atoms with Gasteiger partial charge in [0, 0.05) is 19.7 Å². The number of anilines is 1. The van der Waals surface area contributed by atoms with Gasteiger partial charge in [-0.25, -0.2) is 9.97 Å². The molecule has 1 N–H and O–H groups in total. The number of aliphatic hydroxyl groups is 1. The van der Waals surface area contributed by atoms with Gasteiger partial charge in [-0.2, -0.15) is 0 Å². The van der Waals surface area contributed by atoms with E-state index in [1.165, 1.54) is 11.8 Å². The van der Waals surface area contributed by atoms with E-state index in [1.807, 2.05) is 18.2 Å². The van der Waals surface area contributed by atoms with Gasteiger partial charge in [-0.1, -0.05) is 23.4 Å². The van der Waals surface area contributed by atoms with Crippen LogP contribution in [0.2, 0.25) is 5.15 Å². The summed E-state index contributed by atoms with van der Waals surface area (Å²) in [6, 6.07) is 1.68. The molecule has 0 aliphatic carbocycles. The van der Waals surface area contributed by atoms with Crippen molar-refractivity contribution in [2.24, 2.45) is 0 Å². The Labute approximate surface area is 98.7 Å². The summed E-state index contributed by atoms with van der Waals surface area (Å²) in [6.07, 6.45) is 1.49. The number of halogens is 1. The van der Waals surface area contributed by atoms with Gasteiger partial charge in [0.05, 0.1) is 6.10 Å². The third kappa shape index (κ3) is 3.85. The van der Waals surface area contributed by atoms with Gasteiger partial charge in [0.15, 0.2) is 5.16 Å². The maximum absolute atomic E-state index is 9.26. The Bertz CT molecular complexity index is 335. The summed E-state index contributed by atoms with van der Waals surface area (Å²) in [7, 11) is 1.86. The standard InChI is InChI=1S/C9H14ClN3OS/c1-6(14)5-13(2)8-4-7(10)11-9(12-8)15-3/h4,6,14H,5H2,1-3H3. The van der Waals surface area contributed by atoms with E-state index in [4.69, 9.17) is 11.6 Å². The number of aromatic nitrogens is 2. The Kier molecular flexibility index (Phi) is 4.63. The molecule has 0 bridgehead atoms. The number of likely N-dealkylation sites (N-methyl/N-ethyl adjacent to an activating group) is 1. The molecular weight excluding hydrogens is 234 g/mol. The molecule has 15 heavy (non-hydrogen) atoms. The molecule has 0 aromatic carbocycles. The predicted molar refractivity (Wildman–Crippen MR) is 63.8 cm³/mol. The van der Waals surface area contributed by atoms with Crippen LogP contribution in [-0.2, 0) is 0 Å². The highest BCUT2D eigenvalue weighted by molar-refractivity contribution is 7.98. The molecule has 0 amide bonds. The van der Waals surface area contributed by atoms with E-state index in [0.29, 0.717) is 16.9 Å². The number of rotatable bonds is 4. The summed E-state index contributed by atoms with van der Waals surface area (Å²) in [5, 5.41) is 10.3. The minimum Gasteiger partial charge on any atom is -0.392 e. The topological polar surface area (TPSA) is 49.2 Å². The largest absolute Gasteiger partial charge is 0.392 e. The lowest BCUT2D eigenvalue weighted by atomic mass is 10.4. The number of hydrogen-bond donors (Lipinski definition) is 1. The summed E-state index contributed by atoms with van der Waals surface area (Å²) in [4.78, 5) is 10.2. The van der Waals surface area contributed by atoms with Crippen LogP contribution in [0.4, 0.5) is 5.82 Å². The predicted octanol–water partition coefficient (Wildman–Crippen LogP) is 1.67. The molecule has 1 heterocycles. The van der Waals surface area contributed by atoms with Crippen LogP contribution >= 0.6 is 23.4 Å². The van der Waals surface area contributed by atoms with Crippen molar-refractivity contribution in [3.8, 4) is 0 Å². The zero-order chi connectivity index (χ0) is 11.4. The van der Waals surface area contributed by atoms with E-state index in [-0.39, 0.29) is 0 Å². The van der Waals surface area contributed by atoms with Crippen LogP contribution in [0.5, 0.6) is 0 Å². The van der Waals surface area contributed by atoms with Gasteiger partial charge in [-0.05, 0) is 13.2 Å². The molecule has 0 saturated heterocycles. The van der Waals surface area contributed by atoms with Crippen molar-refractivity contribution in [2.45, 2.75) is 18.2 Å². The second-order valence-corrected chi connectivity index (χ2v) is 4.43. The molecule has 0 fully saturated rings. The molecule has 0 aliphatic rings. The van der Waals surface area contributed by atoms with Gasteiger partial charge in [-0.15, -0.1) is 0 Å². The van der Waals surface area contributed by atoms with E-state index in [1.54, 1.807) is 13.0 Å². The highest BCUT2D eigenvalue weighted by Gasteiger charge is 2.08. The van der Waals surface area contributed by atoms with Crippen LogP contribution in [0.25, 0.3) is 0 Å². The Morgan fingerprint density at radius 3 is 2.80 bits per heavy atom. The van der Waals surface area contributed by atoms with Crippen molar-refractivity contribution >= 4 is 29.2 Å². The third-order valence-electron chi connectivity index (χ3n) is 1.77. The van der Waals surface area contributed by atoms with Crippen LogP contribution in [-0.4, -0.2) is 41.0 Å². The van der Waals surface area contributed by atoms with Gasteiger partial charge < -0.3 is 10.0 Å². The zero-order valence-electron chi connectivity index (χ0n) is 8.94. The normalized spacial score (nSPS) is 12.6. The lowest BCUT2D eigenvalue weighted by molar-refractivity contribution is 0.201. The molecule has 0 radical (unpaired) electrons. The Morgan fingerprint density at radius 1 is 1.60 bits per heavy atom. The molecule has 0 saturated carbocycles. The molecule has 1 rings (SSSR count). The van der Waals surface area contributed by atoms with Gasteiger partial charge in [-0.3, -0.25) is 0 Å². The maximum atomic E-state index is 9.26. The molecule has 0 spiro atoms. The molecule has 1 atom stereocenters.